The molecule has 1 aromatic carbocycles. The fraction of sp³-hybridized carbons (Fsp3) is 0. The summed E-state index contributed by atoms with van der Waals surface area (Å²) in [6, 6.07) is 13.6. The van der Waals surface area contributed by atoms with E-state index >= 15 is 0 Å². The van der Waals surface area contributed by atoms with E-state index in [1.54, 1.807) is 0 Å². The zero-order chi connectivity index (χ0) is 10.3. The van der Waals surface area contributed by atoms with Crippen molar-refractivity contribution in [3.63, 3.8) is 0 Å². The molecule has 0 aliphatic carbocycles. The maximum atomic E-state index is 12.1. The average Bonchev–Trinajstić information content (AvgIpc) is 2.87. The minimum Gasteiger partial charge on any atom is -0.589 e. The molecule has 0 saturated heterocycles. The smallest absolute Gasteiger partial charge is 0.251 e. The molecular weight excluding hydrogens is 206 g/mol. The van der Waals surface area contributed by atoms with Gasteiger partial charge in [-0.15, -0.1) is 0 Å². The number of hydrogen-bond donors (Lipinski definition) is 0. The molecule has 3 rings (SSSR count). The topological polar surface area (TPSA) is 28.0 Å². The molecule has 0 N–H and O–H groups in total. The van der Waals surface area contributed by atoms with E-state index in [0.717, 1.165) is 15.1 Å². The van der Waals surface area contributed by atoms with Gasteiger partial charge in [0.2, 0.25) is 0 Å². The van der Waals surface area contributed by atoms with Gasteiger partial charge in [0.25, 0.3) is 5.00 Å². The average molecular weight is 215 g/mol. The lowest BCUT2D eigenvalue weighted by Crippen LogP contribution is -1.84. The summed E-state index contributed by atoms with van der Waals surface area (Å²) in [6.07, 6.45) is 3.82. The Hall–Kier alpha value is -1.58. The van der Waals surface area contributed by atoms with Crippen molar-refractivity contribution in [1.29, 1.82) is 0 Å². The van der Waals surface area contributed by atoms with E-state index in [0.29, 0.717) is 0 Å². The van der Waals surface area contributed by atoms with E-state index in [2.05, 4.69) is 0 Å². The molecule has 0 aliphatic rings. The van der Waals surface area contributed by atoms with Crippen molar-refractivity contribution < 1.29 is 4.55 Å². The second-order valence-electron chi connectivity index (χ2n) is 3.38. The first-order valence-corrected chi connectivity index (χ1v) is 5.87. The van der Waals surface area contributed by atoms with Crippen molar-refractivity contribution in [2.24, 2.45) is 0 Å². The van der Waals surface area contributed by atoms with Crippen molar-refractivity contribution in [3.8, 4) is 5.00 Å². The maximum Gasteiger partial charge on any atom is 0.251 e. The molecule has 0 spiro atoms. The van der Waals surface area contributed by atoms with Crippen molar-refractivity contribution in [2.45, 2.75) is 0 Å². The molecule has 74 valence electrons. The lowest BCUT2D eigenvalue weighted by molar-refractivity contribution is 0.599. The lowest BCUT2D eigenvalue weighted by atomic mass is 10.3. The highest BCUT2D eigenvalue weighted by atomic mass is 32.2. The van der Waals surface area contributed by atoms with Crippen LogP contribution in [-0.4, -0.2) is 9.12 Å². The van der Waals surface area contributed by atoms with Gasteiger partial charge >= 0.3 is 0 Å². The molecule has 1 unspecified atom stereocenters. The van der Waals surface area contributed by atoms with E-state index in [1.165, 1.54) is 0 Å². The number of rotatable bonds is 1. The summed E-state index contributed by atoms with van der Waals surface area (Å²) in [4.78, 5) is 0. The van der Waals surface area contributed by atoms with Crippen LogP contribution in [0.3, 0.4) is 0 Å². The summed E-state index contributed by atoms with van der Waals surface area (Å²) in [7, 11) is -1.04. The molecule has 3 aromatic rings. The predicted molar refractivity (Wildman–Crippen MR) is 61.9 cm³/mol. The number of fused-ring (bicyclic) bond motifs is 1. The van der Waals surface area contributed by atoms with Crippen molar-refractivity contribution in [2.75, 3.05) is 0 Å². The molecule has 2 aromatic heterocycles. The van der Waals surface area contributed by atoms with Gasteiger partial charge in [-0.25, -0.2) is 0 Å². The fourth-order valence-corrected chi connectivity index (χ4v) is 3.04. The second kappa shape index (κ2) is 3.22. The van der Waals surface area contributed by atoms with Crippen LogP contribution in [0.1, 0.15) is 0 Å². The van der Waals surface area contributed by atoms with Crippen LogP contribution in [-0.2, 0) is 0 Å². The molecule has 0 radical (unpaired) electrons. The molecule has 2 heterocycles. The Kier molecular flexibility index (Phi) is 1.87. The van der Waals surface area contributed by atoms with E-state index in [9.17, 15) is 4.55 Å². The third-order valence-corrected chi connectivity index (χ3v) is 3.93. The summed E-state index contributed by atoms with van der Waals surface area (Å²) in [5.74, 6) is 0. The first-order chi connectivity index (χ1) is 7.36. The quantitative estimate of drug-likeness (QED) is 0.572. The molecule has 0 fully saturated rings. The van der Waals surface area contributed by atoms with E-state index in [-0.39, 0.29) is 0 Å². The summed E-state index contributed by atoms with van der Waals surface area (Å²) in [5.41, 5.74) is 0. The van der Waals surface area contributed by atoms with Crippen LogP contribution in [0.25, 0.3) is 15.1 Å². The number of thiophene rings is 1. The Bertz CT molecular complexity index is 595. The SMILES string of the molecule is [O-][s+]1c(-n2cccc2)cc2ccccc21. The van der Waals surface area contributed by atoms with Crippen molar-refractivity contribution in [1.82, 2.24) is 4.57 Å². The standard InChI is InChI=1S/C12H9NOS/c14-15-11-6-2-1-5-10(11)9-12(15)13-7-3-4-8-13/h1-9H. The monoisotopic (exact) mass is 215 g/mol. The Morgan fingerprint density at radius 2 is 1.73 bits per heavy atom. The first-order valence-electron chi connectivity index (χ1n) is 4.72. The first kappa shape index (κ1) is 8.71. The van der Waals surface area contributed by atoms with Crippen molar-refractivity contribution in [3.05, 3.63) is 54.9 Å². The van der Waals surface area contributed by atoms with Crippen molar-refractivity contribution >= 4 is 20.8 Å². The molecule has 2 nitrogen and oxygen atoms in total. The number of aromatic nitrogens is 1. The van der Waals surface area contributed by atoms with Gasteiger partial charge < -0.3 is 4.55 Å². The van der Waals surface area contributed by atoms with Gasteiger partial charge in [0.05, 0.1) is 0 Å². The Morgan fingerprint density at radius 3 is 2.47 bits per heavy atom. The molecule has 0 aliphatic heterocycles. The van der Waals surface area contributed by atoms with Gasteiger partial charge in [0.15, 0.2) is 4.70 Å². The molecule has 15 heavy (non-hydrogen) atoms. The summed E-state index contributed by atoms with van der Waals surface area (Å²) >= 11 is 0. The lowest BCUT2D eigenvalue weighted by Gasteiger charge is -1.97. The highest BCUT2D eigenvalue weighted by Gasteiger charge is 2.13. The van der Waals surface area contributed by atoms with Gasteiger partial charge in [0.1, 0.15) is 0 Å². The minimum absolute atomic E-state index is 0.834. The summed E-state index contributed by atoms with van der Waals surface area (Å²) < 4.78 is 14.9. The van der Waals surface area contributed by atoms with Crippen LogP contribution in [0.5, 0.6) is 0 Å². The highest BCUT2D eigenvalue weighted by molar-refractivity contribution is 7.33. The zero-order valence-electron chi connectivity index (χ0n) is 7.96. The van der Waals surface area contributed by atoms with Gasteiger partial charge in [-0.1, -0.05) is 12.1 Å². The van der Waals surface area contributed by atoms with Gasteiger partial charge in [-0.3, -0.25) is 4.57 Å². The molecule has 0 saturated carbocycles. The van der Waals surface area contributed by atoms with Crippen LogP contribution < -0.4 is 0 Å². The molecule has 3 heteroatoms. The predicted octanol–water partition coefficient (Wildman–Crippen LogP) is 3.36. The summed E-state index contributed by atoms with van der Waals surface area (Å²) in [6.45, 7) is 0. The largest absolute Gasteiger partial charge is 0.589 e. The Labute approximate surface area is 90.2 Å². The zero-order valence-corrected chi connectivity index (χ0v) is 8.78. The van der Waals surface area contributed by atoms with Gasteiger partial charge in [-0.05, 0) is 35.0 Å². The second-order valence-corrected chi connectivity index (χ2v) is 4.78. The number of hydrogen-bond acceptors (Lipinski definition) is 1. The third kappa shape index (κ3) is 1.28. The maximum absolute atomic E-state index is 12.1. The van der Waals surface area contributed by atoms with Crippen LogP contribution in [0.15, 0.2) is 54.9 Å². The normalized spacial score (nSPS) is 12.2. The summed E-state index contributed by atoms with van der Waals surface area (Å²) in [5, 5.41) is 1.89. The van der Waals surface area contributed by atoms with Crippen LogP contribution in [0, 0.1) is 0 Å². The molecular formula is C12H9NOS. The highest BCUT2D eigenvalue weighted by Crippen LogP contribution is 2.35. The number of nitrogens with zero attached hydrogens (tertiary/aromatic N) is 1. The molecule has 1 atom stereocenters. The van der Waals surface area contributed by atoms with Crippen LogP contribution in [0.4, 0.5) is 0 Å². The van der Waals surface area contributed by atoms with E-state index < -0.39 is 10.8 Å². The molecule has 0 bridgehead atoms. The van der Waals surface area contributed by atoms with Crippen LogP contribution in [0.2, 0.25) is 0 Å². The number of benzene rings is 1. The van der Waals surface area contributed by atoms with Gasteiger partial charge in [0, 0.05) is 23.8 Å². The third-order valence-electron chi connectivity index (χ3n) is 2.45. The fourth-order valence-electron chi connectivity index (χ4n) is 1.72. The molecule has 0 amide bonds. The van der Waals surface area contributed by atoms with E-state index in [1.807, 2.05) is 59.4 Å². The van der Waals surface area contributed by atoms with E-state index in [4.69, 9.17) is 0 Å². The Balaban J connectivity index is 2.33. The minimum atomic E-state index is -1.04. The van der Waals surface area contributed by atoms with Crippen LogP contribution >= 0.6 is 10.8 Å². The van der Waals surface area contributed by atoms with Gasteiger partial charge in [-0.2, -0.15) is 0 Å². The Morgan fingerprint density at radius 1 is 1.00 bits per heavy atom.